The van der Waals surface area contributed by atoms with E-state index in [-0.39, 0.29) is 35.7 Å². The van der Waals surface area contributed by atoms with Gasteiger partial charge in [-0.25, -0.2) is 4.98 Å². The van der Waals surface area contributed by atoms with Gasteiger partial charge in [0.15, 0.2) is 0 Å². The van der Waals surface area contributed by atoms with E-state index >= 15 is 0 Å². The minimum Gasteiger partial charge on any atom is -0.460 e. The van der Waals surface area contributed by atoms with Crippen molar-refractivity contribution in [3.8, 4) is 11.8 Å². The fourth-order valence-corrected chi connectivity index (χ4v) is 9.15. The van der Waals surface area contributed by atoms with Crippen LogP contribution in [0.25, 0.3) is 0 Å². The molecule has 6 atom stereocenters. The van der Waals surface area contributed by atoms with Gasteiger partial charge in [0.2, 0.25) is 5.95 Å². The van der Waals surface area contributed by atoms with E-state index in [1.54, 1.807) is 6.07 Å². The zero-order valence-corrected chi connectivity index (χ0v) is 26.6. The molecule has 4 aliphatic carbocycles. The van der Waals surface area contributed by atoms with E-state index in [9.17, 15) is 23.2 Å². The number of hydrogen-bond acceptors (Lipinski definition) is 9. The molecule has 8 rings (SSSR count). The molecule has 4 bridgehead atoms. The number of para-hydroxylation sites is 1. The van der Waals surface area contributed by atoms with Gasteiger partial charge in [0.05, 0.1) is 6.20 Å². The van der Waals surface area contributed by atoms with Crippen molar-refractivity contribution in [1.29, 1.82) is 5.26 Å². The highest BCUT2D eigenvalue weighted by molar-refractivity contribution is 5.76. The molecule has 4 saturated carbocycles. The highest BCUT2D eigenvalue weighted by Crippen LogP contribution is 2.61. The van der Waals surface area contributed by atoms with Gasteiger partial charge in [-0.3, -0.25) is 9.69 Å². The first-order chi connectivity index (χ1) is 23.2. The summed E-state index contributed by atoms with van der Waals surface area (Å²) >= 11 is 0. The zero-order valence-electron chi connectivity index (χ0n) is 26.6. The second-order valence-electron chi connectivity index (χ2n) is 13.9. The molecule has 9 nitrogen and oxygen atoms in total. The van der Waals surface area contributed by atoms with Gasteiger partial charge in [-0.15, -0.1) is 13.2 Å². The molecular formula is C36H39F3N6O3. The van der Waals surface area contributed by atoms with E-state index in [0.29, 0.717) is 53.9 Å². The van der Waals surface area contributed by atoms with Crippen LogP contribution in [0, 0.1) is 34.5 Å². The Morgan fingerprint density at radius 2 is 1.79 bits per heavy atom. The lowest BCUT2D eigenvalue weighted by atomic mass is 9.47. The summed E-state index contributed by atoms with van der Waals surface area (Å²) in [7, 11) is 0. The number of nitrogens with zero attached hydrogens (tertiary/aromatic N) is 4. The van der Waals surface area contributed by atoms with Crippen LogP contribution < -0.4 is 15.4 Å². The number of alkyl halides is 3. The molecule has 0 amide bonds. The Hall–Kier alpha value is -4.37. The van der Waals surface area contributed by atoms with Gasteiger partial charge in [-0.1, -0.05) is 48.5 Å². The van der Waals surface area contributed by atoms with Gasteiger partial charge in [0, 0.05) is 24.7 Å². The smallest absolute Gasteiger partial charge is 0.460 e. The first-order valence-electron chi connectivity index (χ1n) is 16.7. The number of esters is 1. The van der Waals surface area contributed by atoms with Crippen molar-refractivity contribution in [2.24, 2.45) is 23.2 Å². The molecular weight excluding hydrogens is 621 g/mol. The largest absolute Gasteiger partial charge is 0.573 e. The minimum atomic E-state index is -4.81. The van der Waals surface area contributed by atoms with E-state index in [4.69, 9.17) is 4.74 Å². The molecule has 2 N–H and O–H groups in total. The summed E-state index contributed by atoms with van der Waals surface area (Å²) in [5.74, 6) is 1.83. The van der Waals surface area contributed by atoms with Crippen LogP contribution in [0.2, 0.25) is 0 Å². The number of hydrogen-bond donors (Lipinski definition) is 2. The van der Waals surface area contributed by atoms with Gasteiger partial charge in [0.25, 0.3) is 0 Å². The van der Waals surface area contributed by atoms with Crippen molar-refractivity contribution in [1.82, 2.24) is 14.9 Å². The molecule has 0 spiro atoms. The lowest BCUT2D eigenvalue weighted by Gasteiger charge is -2.62. The summed E-state index contributed by atoms with van der Waals surface area (Å²) < 4.78 is 48.6. The first kappa shape index (κ1) is 32.2. The van der Waals surface area contributed by atoms with Crippen LogP contribution in [-0.4, -0.2) is 52.4 Å². The van der Waals surface area contributed by atoms with Crippen LogP contribution in [0.1, 0.15) is 61.6 Å². The summed E-state index contributed by atoms with van der Waals surface area (Å²) in [6.45, 7) is 1.89. The number of aromatic nitrogens is 2. The second-order valence-corrected chi connectivity index (χ2v) is 13.9. The van der Waals surface area contributed by atoms with Crippen LogP contribution in [0.5, 0.6) is 5.75 Å². The number of carbonyl (C=O) groups is 1. The molecule has 5 aliphatic rings. The number of nitrogens with one attached hydrogen (secondary N) is 2. The quantitative estimate of drug-likeness (QED) is 0.218. The van der Waals surface area contributed by atoms with Crippen LogP contribution in [0.4, 0.5) is 24.9 Å². The molecule has 0 radical (unpaired) electrons. The van der Waals surface area contributed by atoms with Crippen molar-refractivity contribution < 1.29 is 27.4 Å². The molecule has 5 fully saturated rings. The van der Waals surface area contributed by atoms with Crippen molar-refractivity contribution in [3.05, 3.63) is 77.5 Å². The summed E-state index contributed by atoms with van der Waals surface area (Å²) in [5, 5.41) is 16.2. The average molecular weight is 661 g/mol. The third kappa shape index (κ3) is 6.92. The maximum absolute atomic E-state index is 13.3. The second kappa shape index (κ2) is 13.3. The highest BCUT2D eigenvalue weighted by atomic mass is 19.4. The molecule has 1 saturated heterocycles. The third-order valence-corrected chi connectivity index (χ3v) is 10.7. The normalized spacial score (nSPS) is 27.8. The van der Waals surface area contributed by atoms with Crippen LogP contribution in [0.15, 0.2) is 60.8 Å². The molecule has 2 unspecified atom stereocenters. The number of halogens is 3. The van der Waals surface area contributed by atoms with Crippen LogP contribution >= 0.6 is 0 Å². The first-order valence-corrected chi connectivity index (χ1v) is 16.7. The zero-order chi connectivity index (χ0) is 33.3. The van der Waals surface area contributed by atoms with Crippen LogP contribution in [-0.2, 0) is 22.7 Å². The Morgan fingerprint density at radius 1 is 1.04 bits per heavy atom. The van der Waals surface area contributed by atoms with E-state index in [1.807, 2.05) is 30.3 Å². The Bertz CT molecular complexity index is 1650. The van der Waals surface area contributed by atoms with Crippen molar-refractivity contribution >= 4 is 17.7 Å². The summed E-state index contributed by atoms with van der Waals surface area (Å²) in [6.07, 6.45) is 4.03. The molecule has 2 heterocycles. The predicted octanol–water partition coefficient (Wildman–Crippen LogP) is 6.67. The summed E-state index contributed by atoms with van der Waals surface area (Å²) in [5.41, 5.74) is 1.66. The number of benzene rings is 2. The molecule has 252 valence electrons. The van der Waals surface area contributed by atoms with Crippen molar-refractivity contribution in [2.45, 2.75) is 76.5 Å². The number of carbonyl (C=O) groups excluding carboxylic acids is 1. The lowest BCUT2D eigenvalue weighted by Crippen LogP contribution is -2.62. The van der Waals surface area contributed by atoms with Gasteiger partial charge in [-0.05, 0) is 86.3 Å². The van der Waals surface area contributed by atoms with Gasteiger partial charge < -0.3 is 20.1 Å². The topological polar surface area (TPSA) is 112 Å². The van der Waals surface area contributed by atoms with Crippen molar-refractivity contribution in [2.75, 3.05) is 23.7 Å². The maximum Gasteiger partial charge on any atom is 0.573 e. The fourth-order valence-electron chi connectivity index (χ4n) is 9.15. The monoisotopic (exact) mass is 660 g/mol. The molecule has 1 aliphatic heterocycles. The molecule has 2 aromatic carbocycles. The third-order valence-electron chi connectivity index (χ3n) is 10.7. The lowest BCUT2D eigenvalue weighted by molar-refractivity contribution is -0.274. The van der Waals surface area contributed by atoms with Crippen molar-refractivity contribution in [3.63, 3.8) is 0 Å². The summed E-state index contributed by atoms with van der Waals surface area (Å²) in [6, 6.07) is 18.0. The van der Waals surface area contributed by atoms with E-state index in [0.717, 1.165) is 44.2 Å². The molecule has 48 heavy (non-hydrogen) atoms. The van der Waals surface area contributed by atoms with E-state index in [1.165, 1.54) is 37.2 Å². The molecule has 1 aromatic heterocycles. The number of likely N-dealkylation sites (tertiary alicyclic amines) is 1. The van der Waals surface area contributed by atoms with E-state index in [2.05, 4.69) is 36.3 Å². The van der Waals surface area contributed by atoms with Crippen LogP contribution in [0.3, 0.4) is 0 Å². The predicted molar refractivity (Wildman–Crippen MR) is 171 cm³/mol. The minimum absolute atomic E-state index is 0.00521. The van der Waals surface area contributed by atoms with Gasteiger partial charge in [-0.2, -0.15) is 10.2 Å². The fraction of sp³-hybridized carbons (Fsp3) is 0.500. The molecule has 3 aromatic rings. The Kier molecular flexibility index (Phi) is 8.90. The standard InChI is InChI=1S/C36H39F3N6O3/c37-36(38,39)48-30-11-5-4-9-25(30)19-41-34-42-20-28(18-40)32(44-34)43-22-35-15-24-13-26(16-35)31(27(14-24)17-35)45-12-6-10-29(45)33(46)47-21-23-7-2-1-3-8-23/h1-5,7-9,11,20,24,26-27,29,31H,6,10,12-17,19,21-22H2,(H2,41,42,43,44)/t24?,26-,27+,29-,31?,35-/m1/s1. The highest BCUT2D eigenvalue weighted by Gasteiger charge is 2.58. The summed E-state index contributed by atoms with van der Waals surface area (Å²) in [4.78, 5) is 24.5. The Morgan fingerprint density at radius 3 is 2.54 bits per heavy atom. The van der Waals surface area contributed by atoms with Gasteiger partial charge in [0.1, 0.15) is 35.8 Å². The SMILES string of the molecule is N#Cc1cnc(NCc2ccccc2OC(F)(F)F)nc1NC[C@]12CC3C[C@H](C1)C(N1CCC[C@@H]1C(=O)OCc1ccccc1)[C@@H](C3)C2. The Labute approximate surface area is 277 Å². The number of rotatable bonds is 11. The van der Waals surface area contributed by atoms with E-state index < -0.39 is 6.36 Å². The number of ether oxygens (including phenoxy) is 2. The number of anilines is 2. The average Bonchev–Trinajstić information content (AvgIpc) is 3.55. The Balaban J connectivity index is 0.999. The number of nitriles is 1. The van der Waals surface area contributed by atoms with Gasteiger partial charge >= 0.3 is 12.3 Å². The maximum atomic E-state index is 13.3. The molecule has 12 heteroatoms.